The standard InChI is InChI=1S/C12H9F2N7/c13-7-1-2-9(8(14)5-7)17-11-18-10(15)19-12(20-11)21-4-3-16-6-21/h1-6H,(H3,15,17,18,19,20). The summed E-state index contributed by atoms with van der Waals surface area (Å²) in [6, 6.07) is 3.11. The van der Waals surface area contributed by atoms with Crippen molar-refractivity contribution >= 4 is 17.6 Å². The van der Waals surface area contributed by atoms with E-state index in [4.69, 9.17) is 5.73 Å². The third-order valence-electron chi connectivity index (χ3n) is 2.55. The van der Waals surface area contributed by atoms with Gasteiger partial charge in [-0.1, -0.05) is 0 Å². The van der Waals surface area contributed by atoms with Gasteiger partial charge in [-0.25, -0.2) is 13.8 Å². The summed E-state index contributed by atoms with van der Waals surface area (Å²) in [5, 5.41) is 2.62. The van der Waals surface area contributed by atoms with Crippen molar-refractivity contribution in [3.63, 3.8) is 0 Å². The van der Waals surface area contributed by atoms with Crippen LogP contribution in [0, 0.1) is 11.6 Å². The van der Waals surface area contributed by atoms with E-state index in [9.17, 15) is 8.78 Å². The molecule has 7 nitrogen and oxygen atoms in total. The first-order valence-electron chi connectivity index (χ1n) is 5.84. The fourth-order valence-corrected chi connectivity index (χ4v) is 1.64. The number of benzene rings is 1. The number of nitrogens with one attached hydrogen (secondary N) is 1. The Hall–Kier alpha value is -3.10. The zero-order valence-corrected chi connectivity index (χ0v) is 10.5. The molecule has 2 heterocycles. The topological polar surface area (TPSA) is 94.5 Å². The van der Waals surface area contributed by atoms with Gasteiger partial charge in [-0.2, -0.15) is 15.0 Å². The summed E-state index contributed by atoms with van der Waals surface area (Å²) < 4.78 is 28.0. The Morgan fingerprint density at radius 3 is 2.71 bits per heavy atom. The second kappa shape index (κ2) is 5.12. The number of nitrogens with two attached hydrogens (primary N) is 1. The largest absolute Gasteiger partial charge is 0.368 e. The third-order valence-corrected chi connectivity index (χ3v) is 2.55. The minimum absolute atomic E-state index is 0.0265. The molecule has 3 N–H and O–H groups in total. The van der Waals surface area contributed by atoms with Gasteiger partial charge in [0.2, 0.25) is 17.8 Å². The van der Waals surface area contributed by atoms with Gasteiger partial charge in [0, 0.05) is 18.5 Å². The molecule has 0 aliphatic carbocycles. The van der Waals surface area contributed by atoms with E-state index in [-0.39, 0.29) is 23.5 Å². The van der Waals surface area contributed by atoms with Gasteiger partial charge in [0.05, 0.1) is 5.69 Å². The quantitative estimate of drug-likeness (QED) is 0.761. The van der Waals surface area contributed by atoms with Crippen molar-refractivity contribution < 1.29 is 8.78 Å². The average molecular weight is 289 g/mol. The molecule has 1 aromatic carbocycles. The molecular weight excluding hydrogens is 280 g/mol. The van der Waals surface area contributed by atoms with Crippen molar-refractivity contribution in [1.29, 1.82) is 0 Å². The number of nitrogen functional groups attached to an aromatic ring is 1. The lowest BCUT2D eigenvalue weighted by atomic mass is 10.3. The molecule has 3 rings (SSSR count). The monoisotopic (exact) mass is 289 g/mol. The third kappa shape index (κ3) is 2.76. The maximum absolute atomic E-state index is 13.6. The van der Waals surface area contributed by atoms with Gasteiger partial charge in [0.1, 0.15) is 18.0 Å². The van der Waals surface area contributed by atoms with Crippen LogP contribution in [0.1, 0.15) is 0 Å². The molecule has 0 unspecified atom stereocenters. The van der Waals surface area contributed by atoms with E-state index in [0.29, 0.717) is 0 Å². The van der Waals surface area contributed by atoms with Crippen molar-refractivity contribution in [3.05, 3.63) is 48.6 Å². The summed E-state index contributed by atoms with van der Waals surface area (Å²) in [5.74, 6) is -1.22. The van der Waals surface area contributed by atoms with Gasteiger partial charge in [-0.05, 0) is 12.1 Å². The van der Waals surface area contributed by atoms with Crippen LogP contribution in [0.25, 0.3) is 5.95 Å². The first-order valence-corrected chi connectivity index (χ1v) is 5.84. The molecule has 0 bridgehead atoms. The summed E-state index contributed by atoms with van der Waals surface area (Å²) in [6.07, 6.45) is 4.65. The highest BCUT2D eigenvalue weighted by Crippen LogP contribution is 2.19. The Morgan fingerprint density at radius 1 is 1.14 bits per heavy atom. The molecule has 0 amide bonds. The number of halogens is 2. The number of rotatable bonds is 3. The first-order chi connectivity index (χ1) is 10.1. The lowest BCUT2D eigenvalue weighted by Gasteiger charge is -2.08. The number of nitrogens with zero attached hydrogens (tertiary/aromatic N) is 5. The molecule has 0 saturated carbocycles. The van der Waals surface area contributed by atoms with E-state index >= 15 is 0 Å². The Balaban J connectivity index is 1.95. The lowest BCUT2D eigenvalue weighted by molar-refractivity contribution is 0.586. The molecule has 0 radical (unpaired) electrons. The van der Waals surface area contributed by atoms with Gasteiger partial charge in [-0.3, -0.25) is 4.57 Å². The summed E-state index contributed by atoms with van der Waals surface area (Å²) in [6.45, 7) is 0. The van der Waals surface area contributed by atoms with E-state index < -0.39 is 11.6 Å². The van der Waals surface area contributed by atoms with E-state index in [1.807, 2.05) is 0 Å². The molecule has 106 valence electrons. The van der Waals surface area contributed by atoms with Crippen LogP contribution in [0.2, 0.25) is 0 Å². The molecule has 21 heavy (non-hydrogen) atoms. The van der Waals surface area contributed by atoms with Gasteiger partial charge < -0.3 is 11.1 Å². The van der Waals surface area contributed by atoms with Gasteiger partial charge in [0.15, 0.2) is 0 Å². The molecular formula is C12H9F2N7. The SMILES string of the molecule is Nc1nc(Nc2ccc(F)cc2F)nc(-n2ccnc2)n1. The molecule has 9 heteroatoms. The Bertz CT molecular complexity index is 773. The van der Waals surface area contributed by atoms with E-state index in [1.54, 1.807) is 12.4 Å². The number of hydrogen-bond donors (Lipinski definition) is 2. The second-order valence-corrected chi connectivity index (χ2v) is 4.04. The average Bonchev–Trinajstić information content (AvgIpc) is 2.95. The maximum atomic E-state index is 13.6. The van der Waals surface area contributed by atoms with Crippen LogP contribution >= 0.6 is 0 Å². The maximum Gasteiger partial charge on any atom is 0.241 e. The summed E-state index contributed by atoms with van der Waals surface area (Å²) in [7, 11) is 0. The van der Waals surface area contributed by atoms with Crippen LogP contribution in [0.4, 0.5) is 26.4 Å². The smallest absolute Gasteiger partial charge is 0.241 e. The lowest BCUT2D eigenvalue weighted by Crippen LogP contribution is -2.08. The minimum Gasteiger partial charge on any atom is -0.368 e. The molecule has 2 aromatic heterocycles. The number of imidazole rings is 1. The molecule has 0 aliphatic rings. The highest BCUT2D eigenvalue weighted by Gasteiger charge is 2.09. The number of hydrogen-bond acceptors (Lipinski definition) is 6. The van der Waals surface area contributed by atoms with Crippen molar-refractivity contribution in [1.82, 2.24) is 24.5 Å². The van der Waals surface area contributed by atoms with Crippen LogP contribution < -0.4 is 11.1 Å². The van der Waals surface area contributed by atoms with Crippen LogP contribution in [0.15, 0.2) is 36.9 Å². The van der Waals surface area contributed by atoms with Gasteiger partial charge in [0.25, 0.3) is 0 Å². The van der Waals surface area contributed by atoms with Crippen molar-refractivity contribution in [2.75, 3.05) is 11.1 Å². The van der Waals surface area contributed by atoms with Crippen molar-refractivity contribution in [2.45, 2.75) is 0 Å². The molecule has 0 fully saturated rings. The van der Waals surface area contributed by atoms with E-state index in [2.05, 4.69) is 25.3 Å². The van der Waals surface area contributed by atoms with Crippen molar-refractivity contribution in [3.8, 4) is 5.95 Å². The van der Waals surface area contributed by atoms with Crippen LogP contribution in [-0.2, 0) is 0 Å². The first kappa shape index (κ1) is 12.9. The normalized spacial score (nSPS) is 10.6. The number of anilines is 3. The zero-order valence-electron chi connectivity index (χ0n) is 10.5. The Kier molecular flexibility index (Phi) is 3.14. The minimum atomic E-state index is -0.766. The van der Waals surface area contributed by atoms with Crippen LogP contribution in [0.3, 0.4) is 0 Å². The Labute approximate surface area is 117 Å². The predicted octanol–water partition coefficient (Wildman–Crippen LogP) is 1.66. The van der Waals surface area contributed by atoms with Gasteiger partial charge in [-0.15, -0.1) is 0 Å². The molecule has 0 aliphatic heterocycles. The molecule has 3 aromatic rings. The molecule has 0 spiro atoms. The predicted molar refractivity (Wildman–Crippen MR) is 71.0 cm³/mol. The zero-order chi connectivity index (χ0) is 14.8. The number of aromatic nitrogens is 5. The van der Waals surface area contributed by atoms with Crippen LogP contribution in [0.5, 0.6) is 0 Å². The van der Waals surface area contributed by atoms with E-state index in [1.165, 1.54) is 17.0 Å². The second-order valence-electron chi connectivity index (χ2n) is 4.04. The van der Waals surface area contributed by atoms with E-state index in [0.717, 1.165) is 12.1 Å². The fourth-order valence-electron chi connectivity index (χ4n) is 1.64. The fraction of sp³-hybridized carbons (Fsp3) is 0. The van der Waals surface area contributed by atoms with Crippen molar-refractivity contribution in [2.24, 2.45) is 0 Å². The Morgan fingerprint density at radius 2 is 2.00 bits per heavy atom. The summed E-state index contributed by atoms with van der Waals surface area (Å²) in [5.41, 5.74) is 5.62. The highest BCUT2D eigenvalue weighted by atomic mass is 19.1. The van der Waals surface area contributed by atoms with Gasteiger partial charge >= 0.3 is 0 Å². The molecule has 0 atom stereocenters. The highest BCUT2D eigenvalue weighted by molar-refractivity contribution is 5.55. The summed E-state index contributed by atoms with van der Waals surface area (Å²) >= 11 is 0. The molecule has 0 saturated heterocycles. The van der Waals surface area contributed by atoms with Crippen LogP contribution in [-0.4, -0.2) is 24.5 Å². The summed E-state index contributed by atoms with van der Waals surface area (Å²) in [4.78, 5) is 15.7.